The first-order valence-corrected chi connectivity index (χ1v) is 6.58. The number of nitrogens with one attached hydrogen (secondary N) is 1. The van der Waals surface area contributed by atoms with Crippen molar-refractivity contribution in [3.8, 4) is 0 Å². The zero-order valence-corrected chi connectivity index (χ0v) is 11.4. The van der Waals surface area contributed by atoms with Crippen molar-refractivity contribution in [2.24, 2.45) is 5.92 Å². The predicted octanol–water partition coefficient (Wildman–Crippen LogP) is 2.60. The van der Waals surface area contributed by atoms with Crippen molar-refractivity contribution >= 4 is 11.3 Å². The Morgan fingerprint density at radius 1 is 1.50 bits per heavy atom. The summed E-state index contributed by atoms with van der Waals surface area (Å²) in [5.41, 5.74) is 0. The van der Waals surface area contributed by atoms with Crippen molar-refractivity contribution in [3.63, 3.8) is 0 Å². The highest BCUT2D eigenvalue weighted by Crippen LogP contribution is 2.13. The van der Waals surface area contributed by atoms with Crippen LogP contribution in [0.15, 0.2) is 6.20 Å². The van der Waals surface area contributed by atoms with Gasteiger partial charge in [-0.2, -0.15) is 0 Å². The molecule has 1 aromatic rings. The van der Waals surface area contributed by atoms with E-state index in [2.05, 4.69) is 24.1 Å². The van der Waals surface area contributed by atoms with Gasteiger partial charge >= 0.3 is 0 Å². The normalized spacial score (nSPS) is 13.3. The lowest BCUT2D eigenvalue weighted by molar-refractivity contribution is 0.173. The molecule has 1 atom stereocenters. The first kappa shape index (κ1) is 13.6. The fourth-order valence-electron chi connectivity index (χ4n) is 1.63. The van der Waals surface area contributed by atoms with E-state index in [1.54, 1.807) is 18.4 Å². The summed E-state index contributed by atoms with van der Waals surface area (Å²) in [4.78, 5) is 5.56. The van der Waals surface area contributed by atoms with Crippen molar-refractivity contribution in [1.29, 1.82) is 0 Å². The molecule has 0 saturated carbocycles. The summed E-state index contributed by atoms with van der Waals surface area (Å²) in [6.45, 7) is 8.26. The fraction of sp³-hybridized carbons (Fsp3) is 0.750. The van der Waals surface area contributed by atoms with E-state index in [0.717, 1.165) is 24.6 Å². The molecule has 0 fully saturated rings. The van der Waals surface area contributed by atoms with Crippen molar-refractivity contribution in [2.75, 3.05) is 13.7 Å². The van der Waals surface area contributed by atoms with Gasteiger partial charge in [-0.1, -0.05) is 13.8 Å². The second kappa shape index (κ2) is 6.99. The summed E-state index contributed by atoms with van der Waals surface area (Å²) in [7, 11) is 1.75. The van der Waals surface area contributed by atoms with Crippen LogP contribution in [0.4, 0.5) is 0 Å². The lowest BCUT2D eigenvalue weighted by atomic mass is 10.0. The van der Waals surface area contributed by atoms with Gasteiger partial charge in [-0.15, -0.1) is 11.3 Å². The van der Waals surface area contributed by atoms with Gasteiger partial charge in [0.2, 0.25) is 0 Å². The molecule has 1 rings (SSSR count). The number of hydrogen-bond acceptors (Lipinski definition) is 4. The van der Waals surface area contributed by atoms with Crippen LogP contribution in [0.3, 0.4) is 0 Å². The second-order valence-corrected chi connectivity index (χ2v) is 5.68. The Hall–Kier alpha value is -0.450. The predicted molar refractivity (Wildman–Crippen MR) is 68.8 cm³/mol. The first-order chi connectivity index (χ1) is 7.63. The SMILES string of the molecule is COCCC(NCc1cnc(C)s1)C(C)C. The standard InChI is InChI=1S/C12H22N2OS/c1-9(2)12(5-6-15-4)14-8-11-7-13-10(3)16-11/h7,9,12,14H,5-6,8H2,1-4H3. The monoisotopic (exact) mass is 242 g/mol. The minimum absolute atomic E-state index is 0.516. The Bertz CT molecular complexity index is 299. The van der Waals surface area contributed by atoms with E-state index >= 15 is 0 Å². The minimum Gasteiger partial charge on any atom is -0.385 e. The van der Waals surface area contributed by atoms with E-state index < -0.39 is 0 Å². The molecule has 1 unspecified atom stereocenters. The van der Waals surface area contributed by atoms with Gasteiger partial charge in [0.25, 0.3) is 0 Å². The van der Waals surface area contributed by atoms with Gasteiger partial charge in [0, 0.05) is 37.4 Å². The number of rotatable bonds is 7. The van der Waals surface area contributed by atoms with Crippen LogP contribution in [-0.2, 0) is 11.3 Å². The lowest BCUT2D eigenvalue weighted by Crippen LogP contribution is -2.34. The van der Waals surface area contributed by atoms with Gasteiger partial charge < -0.3 is 10.1 Å². The van der Waals surface area contributed by atoms with Crippen LogP contribution < -0.4 is 5.32 Å². The van der Waals surface area contributed by atoms with Crippen LogP contribution >= 0.6 is 11.3 Å². The smallest absolute Gasteiger partial charge is 0.0897 e. The van der Waals surface area contributed by atoms with Crippen LogP contribution in [0, 0.1) is 12.8 Å². The van der Waals surface area contributed by atoms with E-state index in [9.17, 15) is 0 Å². The van der Waals surface area contributed by atoms with Gasteiger partial charge in [-0.3, -0.25) is 0 Å². The minimum atomic E-state index is 0.516. The maximum absolute atomic E-state index is 5.13. The van der Waals surface area contributed by atoms with E-state index in [1.807, 2.05) is 13.1 Å². The number of nitrogens with zero attached hydrogens (tertiary/aromatic N) is 1. The fourth-order valence-corrected chi connectivity index (χ4v) is 2.38. The molecule has 1 N–H and O–H groups in total. The maximum atomic E-state index is 5.13. The molecule has 4 heteroatoms. The summed E-state index contributed by atoms with van der Waals surface area (Å²) in [5, 5.41) is 4.71. The zero-order chi connectivity index (χ0) is 12.0. The molecule has 3 nitrogen and oxygen atoms in total. The van der Waals surface area contributed by atoms with Gasteiger partial charge in [-0.05, 0) is 19.3 Å². The largest absolute Gasteiger partial charge is 0.385 e. The molecule has 92 valence electrons. The molecule has 0 spiro atoms. The highest BCUT2D eigenvalue weighted by atomic mass is 32.1. The summed E-state index contributed by atoms with van der Waals surface area (Å²) in [6.07, 6.45) is 3.02. The van der Waals surface area contributed by atoms with Crippen molar-refractivity contribution in [2.45, 2.75) is 39.8 Å². The average molecular weight is 242 g/mol. The Balaban J connectivity index is 2.37. The number of aromatic nitrogens is 1. The topological polar surface area (TPSA) is 34.1 Å². The van der Waals surface area contributed by atoms with E-state index in [4.69, 9.17) is 4.74 Å². The lowest BCUT2D eigenvalue weighted by Gasteiger charge is -2.21. The van der Waals surface area contributed by atoms with Crippen molar-refractivity contribution < 1.29 is 4.74 Å². The van der Waals surface area contributed by atoms with Gasteiger partial charge in [0.05, 0.1) is 5.01 Å². The highest BCUT2D eigenvalue weighted by Gasteiger charge is 2.12. The van der Waals surface area contributed by atoms with Gasteiger partial charge in [-0.25, -0.2) is 4.98 Å². The van der Waals surface area contributed by atoms with Crippen LogP contribution in [-0.4, -0.2) is 24.7 Å². The molecule has 1 heterocycles. The summed E-state index contributed by atoms with van der Waals surface area (Å²) >= 11 is 1.76. The molecule has 0 bridgehead atoms. The second-order valence-electron chi connectivity index (χ2n) is 4.36. The van der Waals surface area contributed by atoms with Crippen molar-refractivity contribution in [1.82, 2.24) is 10.3 Å². The third-order valence-electron chi connectivity index (χ3n) is 2.65. The molecule has 1 aromatic heterocycles. The van der Waals surface area contributed by atoms with E-state index in [0.29, 0.717) is 12.0 Å². The number of methoxy groups -OCH3 is 1. The Labute approximate surface area is 102 Å². The number of thiazole rings is 1. The van der Waals surface area contributed by atoms with E-state index in [1.165, 1.54) is 4.88 Å². The number of hydrogen-bond donors (Lipinski definition) is 1. The highest BCUT2D eigenvalue weighted by molar-refractivity contribution is 7.11. The van der Waals surface area contributed by atoms with E-state index in [-0.39, 0.29) is 0 Å². The molecular formula is C12H22N2OS. The van der Waals surface area contributed by atoms with Gasteiger partial charge in [0.1, 0.15) is 0 Å². The first-order valence-electron chi connectivity index (χ1n) is 5.77. The summed E-state index contributed by atoms with van der Waals surface area (Å²) < 4.78 is 5.13. The zero-order valence-electron chi connectivity index (χ0n) is 10.6. The van der Waals surface area contributed by atoms with Crippen molar-refractivity contribution in [3.05, 3.63) is 16.1 Å². The molecular weight excluding hydrogens is 220 g/mol. The Morgan fingerprint density at radius 3 is 2.75 bits per heavy atom. The molecule has 0 aromatic carbocycles. The van der Waals surface area contributed by atoms with Crippen LogP contribution in [0.2, 0.25) is 0 Å². The molecule has 0 aliphatic carbocycles. The molecule has 0 aliphatic rings. The third-order valence-corrected chi connectivity index (χ3v) is 3.56. The molecule has 16 heavy (non-hydrogen) atoms. The average Bonchev–Trinajstić information content (AvgIpc) is 2.64. The third kappa shape index (κ3) is 4.60. The van der Waals surface area contributed by atoms with Gasteiger partial charge in [0.15, 0.2) is 0 Å². The Morgan fingerprint density at radius 2 is 2.25 bits per heavy atom. The number of aryl methyl sites for hydroxylation is 1. The molecule has 0 aliphatic heterocycles. The number of ether oxygens (including phenoxy) is 1. The quantitative estimate of drug-likeness (QED) is 0.798. The summed E-state index contributed by atoms with van der Waals surface area (Å²) in [6, 6.07) is 0.516. The Kier molecular flexibility index (Phi) is 5.95. The van der Waals surface area contributed by atoms with Crippen LogP contribution in [0.5, 0.6) is 0 Å². The molecule has 0 radical (unpaired) electrons. The summed E-state index contributed by atoms with van der Waals surface area (Å²) in [5.74, 6) is 0.629. The molecule has 0 saturated heterocycles. The molecule has 0 amide bonds. The maximum Gasteiger partial charge on any atom is 0.0897 e. The van der Waals surface area contributed by atoms with Crippen LogP contribution in [0.25, 0.3) is 0 Å². The van der Waals surface area contributed by atoms with Crippen LogP contribution in [0.1, 0.15) is 30.2 Å².